The third-order valence-electron chi connectivity index (χ3n) is 4.59. The highest BCUT2D eigenvalue weighted by atomic mass is 16.7. The van der Waals surface area contributed by atoms with Gasteiger partial charge in [-0.25, -0.2) is 0 Å². The van der Waals surface area contributed by atoms with Gasteiger partial charge in [0, 0.05) is 6.42 Å². The molecule has 0 saturated heterocycles. The Morgan fingerprint density at radius 2 is 2.32 bits per heavy atom. The van der Waals surface area contributed by atoms with E-state index in [1.165, 1.54) is 21.5 Å². The lowest BCUT2D eigenvalue weighted by Crippen LogP contribution is -2.48. The van der Waals surface area contributed by atoms with E-state index >= 15 is 0 Å². The van der Waals surface area contributed by atoms with Crippen molar-refractivity contribution in [3.63, 3.8) is 0 Å². The Hall–Kier alpha value is -2.41. The van der Waals surface area contributed by atoms with Crippen LogP contribution in [-0.4, -0.2) is 25.2 Å². The molecule has 1 unspecified atom stereocenters. The monoisotopic (exact) mass is 298 g/mol. The largest absolute Gasteiger partial charge is 0.395 e. The molecule has 2 aromatic rings. The molecule has 0 bridgehead atoms. The number of aryl methyl sites for hydroxylation is 2. The van der Waals surface area contributed by atoms with Gasteiger partial charge in [0.15, 0.2) is 5.82 Å². The van der Waals surface area contributed by atoms with Gasteiger partial charge >= 0.3 is 0 Å². The highest BCUT2D eigenvalue weighted by Gasteiger charge is 2.45. The van der Waals surface area contributed by atoms with E-state index in [-0.39, 0.29) is 5.54 Å². The van der Waals surface area contributed by atoms with Crippen LogP contribution in [0.25, 0.3) is 0 Å². The van der Waals surface area contributed by atoms with Crippen LogP contribution in [0.4, 0.5) is 0 Å². The summed E-state index contributed by atoms with van der Waals surface area (Å²) >= 11 is 0. The zero-order chi connectivity index (χ0) is 15.2. The summed E-state index contributed by atoms with van der Waals surface area (Å²) in [6, 6.07) is 6.47. The molecule has 1 aliphatic carbocycles. The van der Waals surface area contributed by atoms with Crippen LogP contribution < -0.4 is 5.59 Å². The van der Waals surface area contributed by atoms with Crippen molar-refractivity contribution in [2.75, 3.05) is 0 Å². The summed E-state index contributed by atoms with van der Waals surface area (Å²) in [5, 5.41) is 14.5. The van der Waals surface area contributed by atoms with Crippen molar-refractivity contribution >= 4 is 0 Å². The molecule has 22 heavy (non-hydrogen) atoms. The van der Waals surface area contributed by atoms with Gasteiger partial charge in [0.2, 0.25) is 0 Å². The average Bonchev–Trinajstić information content (AvgIpc) is 3.21. The predicted molar refractivity (Wildman–Crippen MR) is 78.9 cm³/mol. The Balaban J connectivity index is 1.81. The molecule has 1 aromatic heterocycles. The second-order valence-corrected chi connectivity index (χ2v) is 5.87. The molecule has 0 radical (unpaired) electrons. The minimum atomic E-state index is -0.253. The maximum Gasteiger partial charge on any atom is 0.177 e. The first-order valence-corrected chi connectivity index (χ1v) is 7.38. The minimum absolute atomic E-state index is 0.253. The fraction of sp³-hybridized carbons (Fsp3) is 0.400. The van der Waals surface area contributed by atoms with Crippen LogP contribution in [0.15, 0.2) is 30.7 Å². The zero-order valence-electron chi connectivity index (χ0n) is 12.7. The molecule has 114 valence electrons. The second-order valence-electron chi connectivity index (χ2n) is 5.87. The number of fused-ring (bicyclic) bond motifs is 1. The van der Waals surface area contributed by atoms with Gasteiger partial charge in [-0.05, 0) is 41.7 Å². The number of aromatic nitrogens is 4. The quantitative estimate of drug-likeness (QED) is 0.916. The Morgan fingerprint density at radius 3 is 3.05 bits per heavy atom. The minimum Gasteiger partial charge on any atom is -0.395 e. The first-order chi connectivity index (χ1) is 10.7. The number of rotatable bonds is 3. The van der Waals surface area contributed by atoms with Crippen molar-refractivity contribution in [2.45, 2.75) is 31.7 Å². The normalized spacial score (nSPS) is 22.9. The van der Waals surface area contributed by atoms with Crippen LogP contribution in [0.1, 0.15) is 28.9 Å². The molecule has 7 nitrogen and oxygen atoms in total. The van der Waals surface area contributed by atoms with Gasteiger partial charge in [-0.1, -0.05) is 23.8 Å². The lowest BCUT2D eigenvalue weighted by atomic mass is 9.86. The maximum absolute atomic E-state index is 5.22. The van der Waals surface area contributed by atoms with Gasteiger partial charge in [-0.15, -0.1) is 10.2 Å². The van der Waals surface area contributed by atoms with Crippen LogP contribution in [0.3, 0.4) is 0 Å². The molecule has 0 spiro atoms. The molecule has 4 rings (SSSR count). The van der Waals surface area contributed by atoms with Crippen molar-refractivity contribution < 1.29 is 4.84 Å². The van der Waals surface area contributed by atoms with Gasteiger partial charge in [-0.2, -0.15) is 4.80 Å². The molecule has 1 aromatic carbocycles. The fourth-order valence-corrected chi connectivity index (χ4v) is 3.55. The summed E-state index contributed by atoms with van der Waals surface area (Å²) in [4.78, 5) is 6.72. The number of benzene rings is 1. The number of hydrogen-bond acceptors (Lipinski definition) is 6. The van der Waals surface area contributed by atoms with E-state index in [4.69, 9.17) is 4.84 Å². The Labute approximate surface area is 128 Å². The Kier molecular flexibility index (Phi) is 2.90. The summed E-state index contributed by atoms with van der Waals surface area (Å²) < 4.78 is 0. The fourth-order valence-electron chi connectivity index (χ4n) is 3.55. The van der Waals surface area contributed by atoms with E-state index < -0.39 is 0 Å². The summed E-state index contributed by atoms with van der Waals surface area (Å²) in [5.74, 6) is 0.735. The molecule has 1 aliphatic heterocycles. The topological polar surface area (TPSA) is 68.1 Å². The first-order valence-electron chi connectivity index (χ1n) is 7.38. The lowest BCUT2D eigenvalue weighted by molar-refractivity contribution is -0.0370. The SMILES string of the molecule is Cc1cccc2c1CCC2(Cc1nnn(C)n1)N1C=CON1. The van der Waals surface area contributed by atoms with E-state index in [0.717, 1.165) is 18.7 Å². The van der Waals surface area contributed by atoms with Gasteiger partial charge in [0.05, 0.1) is 18.8 Å². The molecular formula is C15H18N6O. The smallest absolute Gasteiger partial charge is 0.177 e. The molecule has 1 atom stereocenters. The third-order valence-corrected chi connectivity index (χ3v) is 4.59. The van der Waals surface area contributed by atoms with Crippen molar-refractivity contribution in [2.24, 2.45) is 7.05 Å². The second kappa shape index (κ2) is 4.81. The number of nitrogens with zero attached hydrogens (tertiary/aromatic N) is 5. The molecule has 1 N–H and O–H groups in total. The molecule has 2 heterocycles. The Bertz CT molecular complexity index is 739. The van der Waals surface area contributed by atoms with Gasteiger partial charge in [0.1, 0.15) is 6.26 Å². The van der Waals surface area contributed by atoms with Gasteiger partial charge < -0.3 is 4.84 Å². The first kappa shape index (κ1) is 13.3. The zero-order valence-corrected chi connectivity index (χ0v) is 12.7. The summed E-state index contributed by atoms with van der Waals surface area (Å²) in [6.45, 7) is 2.17. The van der Waals surface area contributed by atoms with E-state index in [0.29, 0.717) is 6.42 Å². The van der Waals surface area contributed by atoms with E-state index in [9.17, 15) is 0 Å². The number of hydrazine groups is 1. The maximum atomic E-state index is 5.22. The number of hydrogen-bond donors (Lipinski definition) is 1. The standard InChI is InChI=1S/C15H18N6O/c1-11-4-3-5-13-12(11)6-7-15(13,21-8-9-22-19-21)10-14-16-18-20(2)17-14/h3-5,8-9,19H,6-7,10H2,1-2H3. The van der Waals surface area contributed by atoms with Crippen molar-refractivity contribution in [3.05, 3.63) is 53.2 Å². The van der Waals surface area contributed by atoms with Crippen LogP contribution in [-0.2, 0) is 30.3 Å². The predicted octanol–water partition coefficient (Wildman–Crippen LogP) is 1.13. The van der Waals surface area contributed by atoms with Gasteiger partial charge in [-0.3, -0.25) is 5.01 Å². The van der Waals surface area contributed by atoms with E-state index in [1.54, 1.807) is 13.3 Å². The average molecular weight is 298 g/mol. The van der Waals surface area contributed by atoms with Crippen LogP contribution in [0.5, 0.6) is 0 Å². The number of tetrazole rings is 1. The molecule has 2 aliphatic rings. The van der Waals surface area contributed by atoms with E-state index in [1.807, 2.05) is 11.2 Å². The highest BCUT2D eigenvalue weighted by molar-refractivity contribution is 5.44. The summed E-state index contributed by atoms with van der Waals surface area (Å²) in [7, 11) is 1.78. The van der Waals surface area contributed by atoms with Crippen molar-refractivity contribution in [1.29, 1.82) is 0 Å². The molecule has 0 saturated carbocycles. The number of nitrogens with one attached hydrogen (secondary N) is 1. The molecule has 0 fully saturated rings. The van der Waals surface area contributed by atoms with Gasteiger partial charge in [0.25, 0.3) is 0 Å². The van der Waals surface area contributed by atoms with Crippen molar-refractivity contribution in [1.82, 2.24) is 30.8 Å². The molecular weight excluding hydrogens is 280 g/mol. The summed E-state index contributed by atoms with van der Waals surface area (Å²) in [6.07, 6.45) is 6.27. The lowest BCUT2D eigenvalue weighted by Gasteiger charge is -2.37. The van der Waals surface area contributed by atoms with Crippen LogP contribution in [0, 0.1) is 6.92 Å². The molecule has 7 heteroatoms. The third kappa shape index (κ3) is 1.89. The highest BCUT2D eigenvalue weighted by Crippen LogP contribution is 2.44. The van der Waals surface area contributed by atoms with E-state index in [2.05, 4.69) is 46.1 Å². The van der Waals surface area contributed by atoms with Crippen LogP contribution in [0.2, 0.25) is 0 Å². The Morgan fingerprint density at radius 1 is 1.41 bits per heavy atom. The molecule has 0 amide bonds. The summed E-state index contributed by atoms with van der Waals surface area (Å²) in [5.41, 5.74) is 6.76. The van der Waals surface area contributed by atoms with Crippen molar-refractivity contribution in [3.8, 4) is 0 Å². The van der Waals surface area contributed by atoms with Crippen LogP contribution >= 0.6 is 0 Å².